The van der Waals surface area contributed by atoms with E-state index in [1.54, 1.807) is 0 Å². The average Bonchev–Trinajstić information content (AvgIpc) is 2.87. The molecule has 0 saturated carbocycles. The lowest BCUT2D eigenvalue weighted by Gasteiger charge is -2.48. The van der Waals surface area contributed by atoms with Crippen molar-refractivity contribution in [3.8, 4) is 0 Å². The first kappa shape index (κ1) is 36.8. The van der Waals surface area contributed by atoms with Crippen LogP contribution in [0.2, 0.25) is 0 Å². The Hall–Kier alpha value is -3.35. The Kier molecular flexibility index (Phi) is 13.9. The van der Waals surface area contributed by atoms with Crippen LogP contribution in [0.5, 0.6) is 0 Å². The Balaban J connectivity index is 2.66. The van der Waals surface area contributed by atoms with Gasteiger partial charge in [0.2, 0.25) is 0 Å². The van der Waals surface area contributed by atoms with Gasteiger partial charge in [0, 0.05) is 48.5 Å². The summed E-state index contributed by atoms with van der Waals surface area (Å²) in [6.07, 6.45) is -13.2. The molecule has 2 fully saturated rings. The Bertz CT molecular complexity index is 1090. The van der Waals surface area contributed by atoms with Crippen molar-refractivity contribution in [3.05, 3.63) is 0 Å². The number of rotatable bonds is 11. The second-order valence-electron chi connectivity index (χ2n) is 9.64. The summed E-state index contributed by atoms with van der Waals surface area (Å²) >= 11 is 3.23. The largest absolute Gasteiger partial charge is 0.463 e. The fourth-order valence-electron chi connectivity index (χ4n) is 4.46. The second-order valence-corrected chi connectivity index (χ2v) is 10.5. The van der Waals surface area contributed by atoms with Crippen LogP contribution in [0.3, 0.4) is 0 Å². The molecule has 2 heterocycles. The predicted molar refractivity (Wildman–Crippen MR) is 142 cm³/mol. The third-order valence-electron chi connectivity index (χ3n) is 5.87. The standard InChI is InChI=1S/C26H35BrO17/c1-10(28)35-8-17-20(21(38-13(4)31)23(25(27)42-17)40-15(6)33)44-26-24(41-16(7)34)22(39-14(5)32)19(37-12(3)30)18(43-26)9-36-11(2)29/h17-26H,8-9H2,1-7H3/t17-,18+,19+,20-,21-,22-,23-,24+,25+,26-/m1/s1. The molecule has 0 spiro atoms. The quantitative estimate of drug-likeness (QED) is 0.158. The van der Waals surface area contributed by atoms with E-state index in [1.165, 1.54) is 0 Å². The molecule has 0 aromatic rings. The summed E-state index contributed by atoms with van der Waals surface area (Å²) in [4.78, 5) is 83.8. The zero-order valence-corrected chi connectivity index (χ0v) is 26.6. The van der Waals surface area contributed by atoms with Crippen molar-refractivity contribution in [3.63, 3.8) is 0 Å². The molecule has 0 amide bonds. The molecule has 2 aliphatic heterocycles. The Morgan fingerprint density at radius 3 is 1.27 bits per heavy atom. The lowest BCUT2D eigenvalue weighted by molar-refractivity contribution is -0.341. The number of esters is 7. The van der Waals surface area contributed by atoms with E-state index in [1.807, 2.05) is 0 Å². The number of halogens is 1. The van der Waals surface area contributed by atoms with E-state index in [-0.39, 0.29) is 0 Å². The van der Waals surface area contributed by atoms with Gasteiger partial charge in [-0.05, 0) is 0 Å². The highest BCUT2D eigenvalue weighted by Crippen LogP contribution is 2.36. The number of hydrogen-bond acceptors (Lipinski definition) is 17. The van der Waals surface area contributed by atoms with Gasteiger partial charge in [-0.3, -0.25) is 33.6 Å². The third kappa shape index (κ3) is 11.0. The maximum atomic E-state index is 12.2. The average molecular weight is 699 g/mol. The lowest BCUT2D eigenvalue weighted by Crippen LogP contribution is -2.66. The summed E-state index contributed by atoms with van der Waals surface area (Å²) in [6.45, 7) is 6.57. The fourth-order valence-corrected chi connectivity index (χ4v) is 5.15. The summed E-state index contributed by atoms with van der Waals surface area (Å²) in [5, 5.41) is -1.09. The second kappa shape index (κ2) is 16.6. The topological polar surface area (TPSA) is 212 Å². The Morgan fingerprint density at radius 1 is 0.477 bits per heavy atom. The van der Waals surface area contributed by atoms with Crippen LogP contribution in [0.4, 0.5) is 0 Å². The summed E-state index contributed by atoms with van der Waals surface area (Å²) in [7, 11) is 0. The number of hydrogen-bond donors (Lipinski definition) is 0. The van der Waals surface area contributed by atoms with Crippen LogP contribution in [-0.4, -0.2) is 115 Å². The zero-order chi connectivity index (χ0) is 33.3. The van der Waals surface area contributed by atoms with Gasteiger partial charge in [0.05, 0.1) is 0 Å². The maximum absolute atomic E-state index is 12.2. The van der Waals surface area contributed by atoms with Gasteiger partial charge in [-0.25, -0.2) is 0 Å². The monoisotopic (exact) mass is 698 g/mol. The number of carbonyl (C=O) groups is 7. The molecule has 2 rings (SSSR count). The first-order valence-corrected chi connectivity index (χ1v) is 14.1. The van der Waals surface area contributed by atoms with Gasteiger partial charge >= 0.3 is 41.8 Å². The van der Waals surface area contributed by atoms with Gasteiger partial charge in [-0.2, -0.15) is 0 Å². The number of carbonyl (C=O) groups excluding carboxylic acids is 7. The molecule has 18 heteroatoms. The zero-order valence-electron chi connectivity index (χ0n) is 25.0. The Morgan fingerprint density at radius 2 is 0.841 bits per heavy atom. The molecule has 248 valence electrons. The predicted octanol–water partition coefficient (Wildman–Crippen LogP) is 0.00100. The minimum absolute atomic E-state index is 0.460. The highest BCUT2D eigenvalue weighted by molar-refractivity contribution is 9.09. The van der Waals surface area contributed by atoms with Gasteiger partial charge in [0.15, 0.2) is 41.8 Å². The molecule has 0 aromatic heterocycles. The normalized spacial score (nSPS) is 31.5. The lowest BCUT2D eigenvalue weighted by atomic mass is 9.96. The molecule has 0 unspecified atom stereocenters. The van der Waals surface area contributed by atoms with E-state index in [0.717, 1.165) is 48.5 Å². The summed E-state index contributed by atoms with van der Waals surface area (Å²) < 4.78 is 55.2. The van der Waals surface area contributed by atoms with E-state index in [9.17, 15) is 33.6 Å². The fraction of sp³-hybridized carbons (Fsp3) is 0.731. The molecule has 0 N–H and O–H groups in total. The van der Waals surface area contributed by atoms with Gasteiger partial charge in [-0.15, -0.1) is 0 Å². The van der Waals surface area contributed by atoms with E-state index in [0.29, 0.717) is 0 Å². The van der Waals surface area contributed by atoms with Crippen molar-refractivity contribution in [2.75, 3.05) is 13.2 Å². The van der Waals surface area contributed by atoms with E-state index >= 15 is 0 Å². The molecule has 10 atom stereocenters. The first-order chi connectivity index (χ1) is 20.5. The maximum Gasteiger partial charge on any atom is 0.303 e. The Labute approximate surface area is 260 Å². The molecule has 0 radical (unpaired) electrons. The van der Waals surface area contributed by atoms with E-state index < -0.39 is 115 Å². The summed E-state index contributed by atoms with van der Waals surface area (Å²) in [5.41, 5.74) is 0. The summed E-state index contributed by atoms with van der Waals surface area (Å²) in [5.74, 6) is -5.63. The molecule has 0 aliphatic carbocycles. The molecule has 0 aromatic carbocycles. The van der Waals surface area contributed by atoms with Crippen molar-refractivity contribution >= 4 is 57.7 Å². The van der Waals surface area contributed by atoms with E-state index in [4.69, 9.17) is 47.4 Å². The van der Waals surface area contributed by atoms with Crippen molar-refractivity contribution in [1.29, 1.82) is 0 Å². The summed E-state index contributed by atoms with van der Waals surface area (Å²) in [6, 6.07) is 0. The molecule has 2 saturated heterocycles. The number of alkyl halides is 1. The van der Waals surface area contributed by atoms with E-state index in [2.05, 4.69) is 15.9 Å². The molecule has 44 heavy (non-hydrogen) atoms. The molecule has 2 aliphatic rings. The van der Waals surface area contributed by atoms with Crippen LogP contribution >= 0.6 is 15.9 Å². The SMILES string of the molecule is CC(=O)OC[C@@H]1O[C@H](O[C@H]2[C@@H](OC(C)=O)[C@@H](OC(C)=O)[C@@H](Br)O[C@@H]2COC(C)=O)[C@@H](OC(C)=O)[C@H](OC(C)=O)[C@H]1OC(C)=O. The highest BCUT2D eigenvalue weighted by Gasteiger charge is 2.57. The van der Waals surface area contributed by atoms with Crippen molar-refractivity contribution < 1.29 is 80.9 Å². The third-order valence-corrected chi connectivity index (χ3v) is 6.61. The van der Waals surface area contributed by atoms with Crippen molar-refractivity contribution in [1.82, 2.24) is 0 Å². The minimum Gasteiger partial charge on any atom is -0.463 e. The van der Waals surface area contributed by atoms with Crippen LogP contribution in [0.1, 0.15) is 48.5 Å². The van der Waals surface area contributed by atoms with Crippen molar-refractivity contribution in [2.45, 2.75) is 109 Å². The van der Waals surface area contributed by atoms with Crippen LogP contribution in [-0.2, 0) is 80.9 Å². The minimum atomic E-state index is -1.73. The van der Waals surface area contributed by atoms with Gasteiger partial charge < -0.3 is 47.4 Å². The first-order valence-electron chi connectivity index (χ1n) is 13.2. The highest BCUT2D eigenvalue weighted by atomic mass is 79.9. The van der Waals surface area contributed by atoms with Crippen LogP contribution < -0.4 is 0 Å². The van der Waals surface area contributed by atoms with Crippen LogP contribution in [0.25, 0.3) is 0 Å². The van der Waals surface area contributed by atoms with Gasteiger partial charge in [-0.1, -0.05) is 15.9 Å². The smallest absolute Gasteiger partial charge is 0.303 e. The molecular formula is C26H35BrO17. The van der Waals surface area contributed by atoms with Crippen LogP contribution in [0, 0.1) is 0 Å². The van der Waals surface area contributed by atoms with Gasteiger partial charge in [0.25, 0.3) is 0 Å². The molecule has 17 nitrogen and oxygen atoms in total. The van der Waals surface area contributed by atoms with Crippen molar-refractivity contribution in [2.24, 2.45) is 0 Å². The molecule has 0 bridgehead atoms. The number of ether oxygens (including phenoxy) is 10. The van der Waals surface area contributed by atoms with Gasteiger partial charge in [0.1, 0.15) is 31.5 Å². The van der Waals surface area contributed by atoms with Crippen LogP contribution in [0.15, 0.2) is 0 Å². The molecular weight excluding hydrogens is 664 g/mol.